The summed E-state index contributed by atoms with van der Waals surface area (Å²) in [5.41, 5.74) is 6.14. The van der Waals surface area contributed by atoms with Gasteiger partial charge in [-0.3, -0.25) is 5.43 Å². The van der Waals surface area contributed by atoms with Crippen molar-refractivity contribution in [1.82, 2.24) is 0 Å². The monoisotopic (exact) mass is 254 g/mol. The Morgan fingerprint density at radius 2 is 1.84 bits per heavy atom. The molecule has 1 N–H and O–H groups in total. The summed E-state index contributed by atoms with van der Waals surface area (Å²) in [5.74, 6) is 1.54. The van der Waals surface area contributed by atoms with E-state index in [-0.39, 0.29) is 6.79 Å². The first-order chi connectivity index (χ1) is 9.31. The van der Waals surface area contributed by atoms with Gasteiger partial charge in [-0.05, 0) is 42.8 Å². The second-order valence-corrected chi connectivity index (χ2v) is 4.35. The Morgan fingerprint density at radius 1 is 1.05 bits per heavy atom. The summed E-state index contributed by atoms with van der Waals surface area (Å²) in [4.78, 5) is 0. The molecule has 0 spiro atoms. The first-order valence-electron chi connectivity index (χ1n) is 6.07. The number of rotatable bonds is 3. The molecule has 3 rings (SSSR count). The molecule has 1 heterocycles. The lowest BCUT2D eigenvalue weighted by Gasteiger charge is -2.00. The van der Waals surface area contributed by atoms with Crippen LogP contribution in [-0.4, -0.2) is 13.0 Å². The van der Waals surface area contributed by atoms with E-state index in [0.717, 1.165) is 22.7 Å². The van der Waals surface area contributed by atoms with Gasteiger partial charge in [0.1, 0.15) is 0 Å². The minimum absolute atomic E-state index is 0.289. The van der Waals surface area contributed by atoms with Crippen LogP contribution in [0.4, 0.5) is 5.69 Å². The zero-order valence-corrected chi connectivity index (χ0v) is 10.6. The van der Waals surface area contributed by atoms with Crippen molar-refractivity contribution in [3.05, 3.63) is 53.6 Å². The van der Waals surface area contributed by atoms with E-state index >= 15 is 0 Å². The predicted octanol–water partition coefficient (Wildman–Crippen LogP) is 3.17. The minimum atomic E-state index is 0.289. The number of hydrogen-bond acceptors (Lipinski definition) is 4. The Morgan fingerprint density at radius 3 is 2.68 bits per heavy atom. The molecule has 1 aliphatic heterocycles. The first kappa shape index (κ1) is 11.6. The number of anilines is 1. The minimum Gasteiger partial charge on any atom is -0.454 e. The van der Waals surface area contributed by atoms with E-state index in [0.29, 0.717) is 0 Å². The van der Waals surface area contributed by atoms with Crippen molar-refractivity contribution >= 4 is 11.9 Å². The highest BCUT2D eigenvalue weighted by molar-refractivity contribution is 5.81. The lowest BCUT2D eigenvalue weighted by Crippen LogP contribution is -1.93. The van der Waals surface area contributed by atoms with Crippen LogP contribution in [0.2, 0.25) is 0 Å². The van der Waals surface area contributed by atoms with Crippen LogP contribution in [0.25, 0.3) is 0 Å². The Hall–Kier alpha value is -2.49. The number of hydrazone groups is 1. The van der Waals surface area contributed by atoms with Gasteiger partial charge in [-0.1, -0.05) is 17.7 Å². The maximum absolute atomic E-state index is 5.31. The zero-order chi connectivity index (χ0) is 13.1. The highest BCUT2D eigenvalue weighted by atomic mass is 16.7. The summed E-state index contributed by atoms with van der Waals surface area (Å²) in [6.07, 6.45) is 1.75. The molecule has 0 amide bonds. The van der Waals surface area contributed by atoms with Crippen LogP contribution in [0.1, 0.15) is 11.1 Å². The smallest absolute Gasteiger partial charge is 0.231 e. The number of ether oxygens (including phenoxy) is 2. The summed E-state index contributed by atoms with van der Waals surface area (Å²) in [7, 11) is 0. The zero-order valence-electron chi connectivity index (χ0n) is 10.6. The van der Waals surface area contributed by atoms with Gasteiger partial charge >= 0.3 is 0 Å². The van der Waals surface area contributed by atoms with Gasteiger partial charge in [-0.25, -0.2) is 0 Å². The van der Waals surface area contributed by atoms with E-state index in [1.165, 1.54) is 5.56 Å². The van der Waals surface area contributed by atoms with Crippen molar-refractivity contribution in [2.45, 2.75) is 6.92 Å². The standard InChI is InChI=1S/C15H14N2O2/c1-11-2-5-13(6-3-11)17-16-9-12-4-7-14-15(8-12)19-10-18-14/h2-9,17H,10H2,1H3/b16-9+. The number of nitrogens with zero attached hydrogens (tertiary/aromatic N) is 1. The maximum Gasteiger partial charge on any atom is 0.231 e. The first-order valence-corrected chi connectivity index (χ1v) is 6.07. The average molecular weight is 254 g/mol. The second kappa shape index (κ2) is 5.02. The fraction of sp³-hybridized carbons (Fsp3) is 0.133. The molecule has 4 nitrogen and oxygen atoms in total. The van der Waals surface area contributed by atoms with Gasteiger partial charge in [-0.2, -0.15) is 5.10 Å². The Kier molecular flexibility index (Phi) is 3.06. The van der Waals surface area contributed by atoms with Crippen molar-refractivity contribution in [2.24, 2.45) is 5.10 Å². The number of aryl methyl sites for hydroxylation is 1. The molecule has 0 aliphatic carbocycles. The van der Waals surface area contributed by atoms with Gasteiger partial charge in [0, 0.05) is 0 Å². The molecule has 0 saturated heterocycles. The third kappa shape index (κ3) is 2.68. The largest absolute Gasteiger partial charge is 0.454 e. The lowest BCUT2D eigenvalue weighted by atomic mass is 10.2. The van der Waals surface area contributed by atoms with Gasteiger partial charge in [-0.15, -0.1) is 0 Å². The normalized spacial score (nSPS) is 12.9. The van der Waals surface area contributed by atoms with Gasteiger partial charge in [0.05, 0.1) is 11.9 Å². The number of nitrogens with one attached hydrogen (secondary N) is 1. The molecule has 96 valence electrons. The van der Waals surface area contributed by atoms with Crippen molar-refractivity contribution in [2.75, 3.05) is 12.2 Å². The molecule has 0 bridgehead atoms. The molecular formula is C15H14N2O2. The molecule has 1 aliphatic rings. The summed E-state index contributed by atoms with van der Waals surface area (Å²) < 4.78 is 10.6. The summed E-state index contributed by atoms with van der Waals surface area (Å²) in [6, 6.07) is 13.8. The molecule has 2 aromatic rings. The Labute approximate surface area is 111 Å². The van der Waals surface area contributed by atoms with Crippen LogP contribution < -0.4 is 14.9 Å². The number of fused-ring (bicyclic) bond motifs is 1. The van der Waals surface area contributed by atoms with Crippen LogP contribution in [0.15, 0.2) is 47.6 Å². The Bertz CT molecular complexity index is 606. The molecule has 0 saturated carbocycles. The second-order valence-electron chi connectivity index (χ2n) is 4.35. The predicted molar refractivity (Wildman–Crippen MR) is 75.0 cm³/mol. The van der Waals surface area contributed by atoms with E-state index in [1.54, 1.807) is 6.21 Å². The van der Waals surface area contributed by atoms with E-state index < -0.39 is 0 Å². The van der Waals surface area contributed by atoms with Crippen molar-refractivity contribution in [3.63, 3.8) is 0 Å². The highest BCUT2D eigenvalue weighted by Crippen LogP contribution is 2.31. The molecule has 0 fully saturated rings. The molecule has 0 radical (unpaired) electrons. The fourth-order valence-corrected chi connectivity index (χ4v) is 1.80. The van der Waals surface area contributed by atoms with Gasteiger partial charge in [0.15, 0.2) is 11.5 Å². The van der Waals surface area contributed by atoms with E-state index in [2.05, 4.69) is 17.5 Å². The lowest BCUT2D eigenvalue weighted by molar-refractivity contribution is 0.174. The summed E-state index contributed by atoms with van der Waals surface area (Å²) in [6.45, 7) is 2.34. The van der Waals surface area contributed by atoms with Crippen molar-refractivity contribution in [1.29, 1.82) is 0 Å². The highest BCUT2D eigenvalue weighted by Gasteiger charge is 2.12. The van der Waals surface area contributed by atoms with Crippen molar-refractivity contribution < 1.29 is 9.47 Å². The number of benzene rings is 2. The van der Waals surface area contributed by atoms with Crippen molar-refractivity contribution in [3.8, 4) is 11.5 Å². The molecule has 19 heavy (non-hydrogen) atoms. The SMILES string of the molecule is Cc1ccc(N/N=C/c2ccc3c(c2)OCO3)cc1. The van der Waals surface area contributed by atoms with Crippen LogP contribution in [0, 0.1) is 6.92 Å². The maximum atomic E-state index is 5.31. The molecule has 0 aromatic heterocycles. The topological polar surface area (TPSA) is 42.9 Å². The van der Waals surface area contributed by atoms with Crippen LogP contribution in [0.5, 0.6) is 11.5 Å². The quantitative estimate of drug-likeness (QED) is 0.675. The van der Waals surface area contributed by atoms with Gasteiger partial charge in [0.25, 0.3) is 0 Å². The third-order valence-electron chi connectivity index (χ3n) is 2.86. The average Bonchev–Trinajstić information content (AvgIpc) is 2.88. The molecule has 4 heteroatoms. The van der Waals surface area contributed by atoms with Gasteiger partial charge < -0.3 is 9.47 Å². The number of hydrogen-bond donors (Lipinski definition) is 1. The molecule has 0 unspecified atom stereocenters. The van der Waals surface area contributed by atoms with E-state index in [9.17, 15) is 0 Å². The van der Waals surface area contributed by atoms with Gasteiger partial charge in [0.2, 0.25) is 6.79 Å². The fourth-order valence-electron chi connectivity index (χ4n) is 1.80. The molecule has 0 atom stereocenters. The third-order valence-corrected chi connectivity index (χ3v) is 2.86. The summed E-state index contributed by atoms with van der Waals surface area (Å²) >= 11 is 0. The van der Waals surface area contributed by atoms with Crippen LogP contribution in [0.3, 0.4) is 0 Å². The van der Waals surface area contributed by atoms with Crippen LogP contribution >= 0.6 is 0 Å². The van der Waals surface area contributed by atoms with Crippen LogP contribution in [-0.2, 0) is 0 Å². The van der Waals surface area contributed by atoms with E-state index in [4.69, 9.17) is 9.47 Å². The van der Waals surface area contributed by atoms with E-state index in [1.807, 2.05) is 42.5 Å². The Balaban J connectivity index is 1.67. The molecular weight excluding hydrogens is 240 g/mol. The summed E-state index contributed by atoms with van der Waals surface area (Å²) in [5, 5.41) is 4.20. The molecule has 2 aromatic carbocycles.